The van der Waals surface area contributed by atoms with E-state index in [2.05, 4.69) is 53.3 Å². The van der Waals surface area contributed by atoms with Crippen molar-refractivity contribution in [1.29, 1.82) is 0 Å². The van der Waals surface area contributed by atoms with Crippen molar-refractivity contribution in [1.82, 2.24) is 20.0 Å². The predicted octanol–water partition coefficient (Wildman–Crippen LogP) is 5.30. The third kappa shape index (κ3) is 4.62. The van der Waals surface area contributed by atoms with Crippen molar-refractivity contribution in [3.8, 4) is 23.1 Å². The van der Waals surface area contributed by atoms with Gasteiger partial charge in [-0.05, 0) is 48.2 Å². The third-order valence-electron chi connectivity index (χ3n) is 6.23. The van der Waals surface area contributed by atoms with Crippen molar-refractivity contribution in [2.45, 2.75) is 44.2 Å². The van der Waals surface area contributed by atoms with E-state index in [9.17, 15) is 0 Å². The normalized spacial score (nSPS) is 17.8. The maximum absolute atomic E-state index is 6.34. The van der Waals surface area contributed by atoms with Crippen LogP contribution in [0.1, 0.15) is 37.8 Å². The fraction of sp³-hybridized carbons (Fsp3) is 0.269. The minimum Gasteiger partial charge on any atom is -0.490 e. The fourth-order valence-electron chi connectivity index (χ4n) is 4.03. The molecule has 2 aromatic heterocycles. The zero-order valence-electron chi connectivity index (χ0n) is 19.1. The molecule has 7 nitrogen and oxygen atoms in total. The molecule has 0 bridgehead atoms. The van der Waals surface area contributed by atoms with E-state index in [1.807, 2.05) is 24.3 Å². The SMILES string of the molecule is CC(C)(c1ccc(Oc2cnc(-n3nccn3)c(Cl)c2)cc1)c1ccc(OC2CC(N)C2)cc1. The van der Waals surface area contributed by atoms with Gasteiger partial charge in [0.2, 0.25) is 0 Å². The quantitative estimate of drug-likeness (QED) is 0.390. The fourth-order valence-corrected chi connectivity index (χ4v) is 4.26. The van der Waals surface area contributed by atoms with Crippen LogP contribution in [0.4, 0.5) is 0 Å². The van der Waals surface area contributed by atoms with Crippen LogP contribution in [-0.4, -0.2) is 32.1 Å². The van der Waals surface area contributed by atoms with Crippen LogP contribution in [0.5, 0.6) is 17.2 Å². The lowest BCUT2D eigenvalue weighted by atomic mass is 9.78. The van der Waals surface area contributed by atoms with E-state index >= 15 is 0 Å². The topological polar surface area (TPSA) is 88.1 Å². The predicted molar refractivity (Wildman–Crippen MR) is 131 cm³/mol. The van der Waals surface area contributed by atoms with Crippen LogP contribution < -0.4 is 15.2 Å². The Hall–Kier alpha value is -3.42. The molecular formula is C26H26ClN5O2. The number of halogens is 1. The molecule has 0 spiro atoms. The Morgan fingerprint density at radius 2 is 1.50 bits per heavy atom. The highest BCUT2D eigenvalue weighted by atomic mass is 35.5. The van der Waals surface area contributed by atoms with Gasteiger partial charge in [-0.15, -0.1) is 4.80 Å². The molecule has 2 aromatic carbocycles. The second-order valence-electron chi connectivity index (χ2n) is 9.04. The minimum atomic E-state index is -0.181. The Labute approximate surface area is 203 Å². The number of nitrogens with zero attached hydrogens (tertiary/aromatic N) is 4. The second-order valence-corrected chi connectivity index (χ2v) is 9.45. The van der Waals surface area contributed by atoms with E-state index in [-0.39, 0.29) is 17.6 Å². The molecular weight excluding hydrogens is 450 g/mol. The van der Waals surface area contributed by atoms with Crippen LogP contribution in [0.25, 0.3) is 5.82 Å². The number of aromatic nitrogens is 4. The lowest BCUT2D eigenvalue weighted by Crippen LogP contribution is -2.43. The van der Waals surface area contributed by atoms with Crippen molar-refractivity contribution >= 4 is 11.6 Å². The van der Waals surface area contributed by atoms with E-state index in [0.29, 0.717) is 22.3 Å². The van der Waals surface area contributed by atoms with Crippen molar-refractivity contribution in [3.63, 3.8) is 0 Å². The molecule has 1 saturated carbocycles. The molecule has 5 rings (SSSR count). The van der Waals surface area contributed by atoms with Crippen molar-refractivity contribution in [3.05, 3.63) is 89.3 Å². The number of ether oxygens (including phenoxy) is 2. The van der Waals surface area contributed by atoms with E-state index < -0.39 is 0 Å². The summed E-state index contributed by atoms with van der Waals surface area (Å²) in [5.74, 6) is 2.58. The minimum absolute atomic E-state index is 0.181. The van der Waals surface area contributed by atoms with Crippen LogP contribution >= 0.6 is 11.6 Å². The van der Waals surface area contributed by atoms with E-state index in [1.165, 1.54) is 15.9 Å². The van der Waals surface area contributed by atoms with Gasteiger partial charge in [0.05, 0.1) is 23.6 Å². The zero-order valence-corrected chi connectivity index (χ0v) is 19.8. The van der Waals surface area contributed by atoms with Gasteiger partial charge in [-0.2, -0.15) is 10.2 Å². The van der Waals surface area contributed by atoms with Crippen LogP contribution in [0, 0.1) is 0 Å². The molecule has 1 aliphatic rings. The molecule has 8 heteroatoms. The number of nitrogens with two attached hydrogens (primary N) is 1. The van der Waals surface area contributed by atoms with Crippen LogP contribution in [0.2, 0.25) is 5.02 Å². The van der Waals surface area contributed by atoms with Crippen LogP contribution in [0.3, 0.4) is 0 Å². The largest absolute Gasteiger partial charge is 0.490 e. The lowest BCUT2D eigenvalue weighted by Gasteiger charge is -2.33. The highest BCUT2D eigenvalue weighted by Crippen LogP contribution is 2.35. The maximum Gasteiger partial charge on any atom is 0.193 e. The molecule has 0 atom stereocenters. The molecule has 34 heavy (non-hydrogen) atoms. The lowest BCUT2D eigenvalue weighted by molar-refractivity contribution is 0.101. The monoisotopic (exact) mass is 475 g/mol. The number of pyridine rings is 1. The standard InChI is InChI=1S/C26H26ClN5O2/c1-26(2,17-3-7-20(8-4-17)33-22-13-19(28)14-22)18-5-9-21(10-6-18)34-23-15-24(27)25(29-16-23)32-30-11-12-31-32/h3-12,15-16,19,22H,13-14,28H2,1-2H3. The van der Waals surface area contributed by atoms with Gasteiger partial charge in [0, 0.05) is 17.5 Å². The van der Waals surface area contributed by atoms with E-state index in [0.717, 1.165) is 18.6 Å². The molecule has 1 aliphatic carbocycles. The first kappa shape index (κ1) is 22.4. The first-order valence-electron chi connectivity index (χ1n) is 11.2. The Kier molecular flexibility index (Phi) is 5.98. The summed E-state index contributed by atoms with van der Waals surface area (Å²) in [6.07, 6.45) is 6.83. The molecule has 0 aliphatic heterocycles. The molecule has 0 unspecified atom stereocenters. The molecule has 0 amide bonds. The highest BCUT2D eigenvalue weighted by molar-refractivity contribution is 6.32. The Morgan fingerprint density at radius 3 is 2.06 bits per heavy atom. The van der Waals surface area contributed by atoms with Gasteiger partial charge in [-0.25, -0.2) is 4.98 Å². The molecule has 1 fully saturated rings. The van der Waals surface area contributed by atoms with E-state index in [4.69, 9.17) is 26.8 Å². The van der Waals surface area contributed by atoms with Gasteiger partial charge < -0.3 is 15.2 Å². The summed E-state index contributed by atoms with van der Waals surface area (Å²) in [5, 5.41) is 8.50. The Balaban J connectivity index is 1.26. The summed E-state index contributed by atoms with van der Waals surface area (Å²) >= 11 is 6.34. The number of hydrogen-bond donors (Lipinski definition) is 1. The van der Waals surface area contributed by atoms with Crippen LogP contribution in [0.15, 0.2) is 73.2 Å². The molecule has 2 N–H and O–H groups in total. The first-order valence-corrected chi connectivity index (χ1v) is 11.6. The number of hydrogen-bond acceptors (Lipinski definition) is 6. The van der Waals surface area contributed by atoms with Gasteiger partial charge in [0.25, 0.3) is 0 Å². The maximum atomic E-state index is 6.34. The molecule has 0 radical (unpaired) electrons. The van der Waals surface area contributed by atoms with Crippen molar-refractivity contribution in [2.75, 3.05) is 0 Å². The molecule has 174 valence electrons. The average molecular weight is 476 g/mol. The van der Waals surface area contributed by atoms with Crippen molar-refractivity contribution < 1.29 is 9.47 Å². The highest BCUT2D eigenvalue weighted by Gasteiger charge is 2.28. The first-order chi connectivity index (χ1) is 16.4. The van der Waals surface area contributed by atoms with Gasteiger partial charge in [0.1, 0.15) is 23.4 Å². The summed E-state index contributed by atoms with van der Waals surface area (Å²) in [5.41, 5.74) is 8.05. The summed E-state index contributed by atoms with van der Waals surface area (Å²) < 4.78 is 11.9. The Bertz CT molecular complexity index is 1250. The molecule has 0 saturated heterocycles. The third-order valence-corrected chi connectivity index (χ3v) is 6.50. The van der Waals surface area contributed by atoms with Crippen LogP contribution in [-0.2, 0) is 5.41 Å². The molecule has 2 heterocycles. The second kappa shape index (κ2) is 9.08. The summed E-state index contributed by atoms with van der Waals surface area (Å²) in [4.78, 5) is 5.68. The average Bonchev–Trinajstić information content (AvgIpc) is 3.34. The van der Waals surface area contributed by atoms with Gasteiger partial charge in [-0.1, -0.05) is 49.7 Å². The number of rotatable bonds is 7. The Morgan fingerprint density at radius 1 is 0.912 bits per heavy atom. The summed E-state index contributed by atoms with van der Waals surface area (Å²) in [7, 11) is 0. The van der Waals surface area contributed by atoms with Gasteiger partial charge in [0.15, 0.2) is 5.82 Å². The van der Waals surface area contributed by atoms with Gasteiger partial charge in [-0.3, -0.25) is 0 Å². The zero-order chi connectivity index (χ0) is 23.7. The summed E-state index contributed by atoms with van der Waals surface area (Å²) in [6, 6.07) is 18.4. The molecule has 4 aromatic rings. The number of benzene rings is 2. The van der Waals surface area contributed by atoms with Crippen molar-refractivity contribution in [2.24, 2.45) is 5.73 Å². The van der Waals surface area contributed by atoms with Gasteiger partial charge >= 0.3 is 0 Å². The summed E-state index contributed by atoms with van der Waals surface area (Å²) in [6.45, 7) is 4.41. The smallest absolute Gasteiger partial charge is 0.193 e. The van der Waals surface area contributed by atoms with E-state index in [1.54, 1.807) is 24.7 Å².